The summed E-state index contributed by atoms with van der Waals surface area (Å²) in [6.45, 7) is 1.72. The van der Waals surface area contributed by atoms with Gasteiger partial charge in [-0.2, -0.15) is 0 Å². The summed E-state index contributed by atoms with van der Waals surface area (Å²) in [7, 11) is 2.08. The number of nitrogens with two attached hydrogens (primary N) is 1. The largest absolute Gasteiger partial charge is 0.389 e. The van der Waals surface area contributed by atoms with Crippen molar-refractivity contribution in [1.29, 1.82) is 0 Å². The Bertz CT molecular complexity index is 567. The standard InChI is InChI=1S/C14H15ClN2S2/c1-17(9-12-3-2-6-19-12)8-11-5-4-10(14(16)18)7-13(11)15/h2-7H,8-9H2,1H3,(H2,16,18). The third kappa shape index (κ3) is 4.01. The van der Waals surface area contributed by atoms with E-state index in [2.05, 4.69) is 29.5 Å². The highest BCUT2D eigenvalue weighted by Crippen LogP contribution is 2.20. The summed E-state index contributed by atoms with van der Waals surface area (Å²) >= 11 is 13.0. The van der Waals surface area contributed by atoms with Gasteiger partial charge in [0.25, 0.3) is 0 Å². The molecule has 0 fully saturated rings. The minimum absolute atomic E-state index is 0.375. The predicted molar refractivity (Wildman–Crippen MR) is 86.8 cm³/mol. The van der Waals surface area contributed by atoms with Crippen LogP contribution in [0, 0.1) is 0 Å². The Morgan fingerprint density at radius 1 is 1.37 bits per heavy atom. The summed E-state index contributed by atoms with van der Waals surface area (Å²) in [4.78, 5) is 3.95. The molecule has 0 saturated carbocycles. The highest BCUT2D eigenvalue weighted by Gasteiger charge is 2.07. The van der Waals surface area contributed by atoms with Crippen molar-refractivity contribution in [2.75, 3.05) is 7.05 Å². The average Bonchev–Trinajstić information content (AvgIpc) is 2.84. The van der Waals surface area contributed by atoms with Gasteiger partial charge < -0.3 is 5.73 Å². The number of hydrogen-bond acceptors (Lipinski definition) is 3. The molecule has 0 atom stereocenters. The van der Waals surface area contributed by atoms with Gasteiger partial charge in [0, 0.05) is 28.6 Å². The van der Waals surface area contributed by atoms with Crippen molar-refractivity contribution in [3.05, 3.63) is 56.7 Å². The lowest BCUT2D eigenvalue weighted by molar-refractivity contribution is 0.322. The Kier molecular flexibility index (Phi) is 4.93. The van der Waals surface area contributed by atoms with Crippen LogP contribution in [-0.4, -0.2) is 16.9 Å². The second-order valence-corrected chi connectivity index (χ2v) is 6.30. The van der Waals surface area contributed by atoms with Crippen molar-refractivity contribution in [2.45, 2.75) is 13.1 Å². The molecule has 0 amide bonds. The molecule has 2 N–H and O–H groups in total. The summed E-state index contributed by atoms with van der Waals surface area (Å²) < 4.78 is 0. The molecule has 2 rings (SSSR count). The average molecular weight is 311 g/mol. The molecule has 19 heavy (non-hydrogen) atoms. The zero-order chi connectivity index (χ0) is 13.8. The molecule has 5 heteroatoms. The molecule has 0 saturated heterocycles. The summed E-state index contributed by atoms with van der Waals surface area (Å²) in [5.74, 6) is 0. The molecule has 1 aromatic carbocycles. The van der Waals surface area contributed by atoms with Gasteiger partial charge >= 0.3 is 0 Å². The highest BCUT2D eigenvalue weighted by molar-refractivity contribution is 7.80. The number of thiophene rings is 1. The third-order valence-electron chi connectivity index (χ3n) is 2.78. The smallest absolute Gasteiger partial charge is 0.104 e. The predicted octanol–water partition coefficient (Wildman–Crippen LogP) is 3.67. The number of hydrogen-bond donors (Lipinski definition) is 1. The van der Waals surface area contributed by atoms with Crippen LogP contribution in [-0.2, 0) is 13.1 Å². The molecule has 1 heterocycles. The molecule has 0 spiro atoms. The van der Waals surface area contributed by atoms with Gasteiger partial charge in [-0.1, -0.05) is 42.0 Å². The minimum atomic E-state index is 0.375. The van der Waals surface area contributed by atoms with E-state index in [1.54, 1.807) is 11.3 Å². The van der Waals surface area contributed by atoms with Gasteiger partial charge in [-0.05, 0) is 30.1 Å². The van der Waals surface area contributed by atoms with Gasteiger partial charge in [0.2, 0.25) is 0 Å². The van der Waals surface area contributed by atoms with E-state index in [0.717, 1.165) is 24.2 Å². The highest BCUT2D eigenvalue weighted by atomic mass is 35.5. The number of rotatable bonds is 5. The van der Waals surface area contributed by atoms with Crippen LogP contribution >= 0.6 is 35.2 Å². The lowest BCUT2D eigenvalue weighted by Crippen LogP contribution is -2.17. The summed E-state index contributed by atoms with van der Waals surface area (Å²) in [6.07, 6.45) is 0. The molecule has 2 aromatic rings. The van der Waals surface area contributed by atoms with Crippen LogP contribution in [0.25, 0.3) is 0 Å². The van der Waals surface area contributed by atoms with Crippen LogP contribution in [0.2, 0.25) is 5.02 Å². The lowest BCUT2D eigenvalue weighted by atomic mass is 10.1. The minimum Gasteiger partial charge on any atom is -0.389 e. The van der Waals surface area contributed by atoms with E-state index in [1.165, 1.54) is 4.88 Å². The van der Waals surface area contributed by atoms with Crippen molar-refractivity contribution < 1.29 is 0 Å². The van der Waals surface area contributed by atoms with E-state index in [-0.39, 0.29) is 0 Å². The quantitative estimate of drug-likeness (QED) is 0.854. The monoisotopic (exact) mass is 310 g/mol. The molecular weight excluding hydrogens is 296 g/mol. The molecule has 0 aliphatic rings. The maximum Gasteiger partial charge on any atom is 0.104 e. The summed E-state index contributed by atoms with van der Waals surface area (Å²) in [6, 6.07) is 9.94. The molecule has 0 radical (unpaired) electrons. The number of thiocarbonyl (C=S) groups is 1. The first-order valence-electron chi connectivity index (χ1n) is 5.85. The number of benzene rings is 1. The number of halogens is 1. The SMILES string of the molecule is CN(Cc1cccs1)Cc1ccc(C(N)=S)cc1Cl. The van der Waals surface area contributed by atoms with Gasteiger partial charge in [-0.3, -0.25) is 4.90 Å². The van der Waals surface area contributed by atoms with Crippen LogP contribution in [0.4, 0.5) is 0 Å². The van der Waals surface area contributed by atoms with Crippen molar-refractivity contribution in [2.24, 2.45) is 5.73 Å². The number of nitrogens with zero attached hydrogens (tertiary/aromatic N) is 1. The zero-order valence-corrected chi connectivity index (χ0v) is 13.0. The molecule has 0 aliphatic carbocycles. The Labute approximate surface area is 127 Å². The molecule has 0 unspecified atom stereocenters. The van der Waals surface area contributed by atoms with Crippen LogP contribution in [0.5, 0.6) is 0 Å². The lowest BCUT2D eigenvalue weighted by Gasteiger charge is -2.17. The van der Waals surface area contributed by atoms with Gasteiger partial charge in [0.1, 0.15) is 4.99 Å². The van der Waals surface area contributed by atoms with Crippen molar-refractivity contribution in [3.8, 4) is 0 Å². The Balaban J connectivity index is 2.04. The molecule has 100 valence electrons. The van der Waals surface area contributed by atoms with Gasteiger partial charge in [0.15, 0.2) is 0 Å². The van der Waals surface area contributed by atoms with E-state index >= 15 is 0 Å². The molecular formula is C14H15ClN2S2. The van der Waals surface area contributed by atoms with Crippen LogP contribution < -0.4 is 5.73 Å². The second kappa shape index (κ2) is 6.48. The van der Waals surface area contributed by atoms with Crippen LogP contribution in [0.1, 0.15) is 16.0 Å². The van der Waals surface area contributed by atoms with Crippen LogP contribution in [0.3, 0.4) is 0 Å². The van der Waals surface area contributed by atoms with E-state index in [0.29, 0.717) is 10.0 Å². The first-order chi connectivity index (χ1) is 9.06. The fourth-order valence-electron chi connectivity index (χ4n) is 1.84. The van der Waals surface area contributed by atoms with Crippen molar-refractivity contribution in [1.82, 2.24) is 4.90 Å². The van der Waals surface area contributed by atoms with Crippen molar-refractivity contribution >= 4 is 40.1 Å². The van der Waals surface area contributed by atoms with E-state index in [4.69, 9.17) is 29.6 Å². The Hall–Kier alpha value is -0.940. The fourth-order valence-corrected chi connectivity index (χ4v) is 3.00. The first kappa shape index (κ1) is 14.5. The maximum absolute atomic E-state index is 6.26. The third-order valence-corrected chi connectivity index (χ3v) is 4.23. The molecule has 0 aliphatic heterocycles. The van der Waals surface area contributed by atoms with Gasteiger partial charge in [-0.25, -0.2) is 0 Å². The Morgan fingerprint density at radius 2 is 2.16 bits per heavy atom. The van der Waals surface area contributed by atoms with Gasteiger partial charge in [0.05, 0.1) is 0 Å². The topological polar surface area (TPSA) is 29.3 Å². The summed E-state index contributed by atoms with van der Waals surface area (Å²) in [5, 5.41) is 2.80. The maximum atomic E-state index is 6.26. The molecule has 2 nitrogen and oxygen atoms in total. The fraction of sp³-hybridized carbons (Fsp3) is 0.214. The Morgan fingerprint density at radius 3 is 2.74 bits per heavy atom. The van der Waals surface area contributed by atoms with E-state index < -0.39 is 0 Å². The van der Waals surface area contributed by atoms with Crippen molar-refractivity contribution in [3.63, 3.8) is 0 Å². The zero-order valence-electron chi connectivity index (χ0n) is 10.6. The van der Waals surface area contributed by atoms with Gasteiger partial charge in [-0.15, -0.1) is 11.3 Å². The molecule has 0 bridgehead atoms. The normalized spacial score (nSPS) is 10.9. The van der Waals surface area contributed by atoms with E-state index in [1.807, 2.05) is 18.2 Å². The van der Waals surface area contributed by atoms with Crippen LogP contribution in [0.15, 0.2) is 35.7 Å². The molecule has 1 aromatic heterocycles. The first-order valence-corrected chi connectivity index (χ1v) is 7.52. The second-order valence-electron chi connectivity index (χ2n) is 4.42. The summed E-state index contributed by atoms with van der Waals surface area (Å²) in [5.41, 5.74) is 7.48. The van der Waals surface area contributed by atoms with E-state index in [9.17, 15) is 0 Å².